The van der Waals surface area contributed by atoms with Gasteiger partial charge < -0.3 is 4.42 Å². The van der Waals surface area contributed by atoms with Crippen molar-refractivity contribution in [2.24, 2.45) is 0 Å². The molecule has 0 spiro atoms. The van der Waals surface area contributed by atoms with Crippen LogP contribution in [0.3, 0.4) is 0 Å². The Bertz CT molecular complexity index is 999. The summed E-state index contributed by atoms with van der Waals surface area (Å²) in [6.07, 6.45) is 0.592. The highest BCUT2D eigenvalue weighted by molar-refractivity contribution is 7.09. The number of rotatable bonds is 3. The molecule has 4 aromatic rings. The Labute approximate surface area is 137 Å². The van der Waals surface area contributed by atoms with Gasteiger partial charge in [-0.15, -0.1) is 11.3 Å². The zero-order valence-corrected chi connectivity index (χ0v) is 13.2. The molecule has 0 N–H and O–H groups in total. The molecule has 0 saturated carbocycles. The Hall–Kier alpha value is -2.65. The third kappa shape index (κ3) is 2.60. The number of thiophene rings is 1. The van der Waals surface area contributed by atoms with Gasteiger partial charge in [-0.3, -0.25) is 4.79 Å². The van der Waals surface area contributed by atoms with Crippen LogP contribution in [0.1, 0.15) is 10.4 Å². The average Bonchev–Trinajstić information content (AvgIpc) is 3.11. The summed E-state index contributed by atoms with van der Waals surface area (Å²) in [6.45, 7) is 0. The molecule has 2 heterocycles. The van der Waals surface area contributed by atoms with E-state index in [9.17, 15) is 4.79 Å². The summed E-state index contributed by atoms with van der Waals surface area (Å²) >= 11 is 1.66. The number of fused-ring (bicyclic) bond motifs is 1. The lowest BCUT2D eigenvalue weighted by Crippen LogP contribution is -2.11. The van der Waals surface area contributed by atoms with Crippen LogP contribution in [0.25, 0.3) is 22.3 Å². The lowest BCUT2D eigenvalue weighted by atomic mass is 10.0. The van der Waals surface area contributed by atoms with E-state index in [-0.39, 0.29) is 5.43 Å². The van der Waals surface area contributed by atoms with Crippen LogP contribution in [0.2, 0.25) is 0 Å². The summed E-state index contributed by atoms with van der Waals surface area (Å²) in [5.41, 5.74) is 2.34. The highest BCUT2D eigenvalue weighted by atomic mass is 32.1. The smallest absolute Gasteiger partial charge is 0.196 e. The van der Waals surface area contributed by atoms with E-state index in [4.69, 9.17) is 4.42 Å². The molecule has 2 aromatic carbocycles. The molecule has 0 atom stereocenters. The van der Waals surface area contributed by atoms with E-state index < -0.39 is 0 Å². The standard InChI is InChI=1S/C20H14O2S/c21-19-16-10-4-5-11-18(16)22-20(14-7-2-1-3-8-14)17(19)13-15-9-6-12-23-15/h1-12H,13H2. The van der Waals surface area contributed by atoms with Gasteiger partial charge in [0.15, 0.2) is 5.43 Å². The molecule has 0 saturated heterocycles. The van der Waals surface area contributed by atoms with Crippen LogP contribution in [-0.2, 0) is 6.42 Å². The predicted molar refractivity (Wildman–Crippen MR) is 95.0 cm³/mol. The van der Waals surface area contributed by atoms with E-state index in [0.717, 1.165) is 16.0 Å². The molecule has 0 aliphatic carbocycles. The van der Waals surface area contributed by atoms with Crippen LogP contribution in [0.4, 0.5) is 0 Å². The molecule has 0 radical (unpaired) electrons. The number of hydrogen-bond donors (Lipinski definition) is 0. The zero-order chi connectivity index (χ0) is 15.6. The van der Waals surface area contributed by atoms with Gasteiger partial charge in [-0.2, -0.15) is 0 Å². The lowest BCUT2D eigenvalue weighted by molar-refractivity contribution is 0.612. The van der Waals surface area contributed by atoms with Crippen LogP contribution in [-0.4, -0.2) is 0 Å². The van der Waals surface area contributed by atoms with Gasteiger partial charge in [-0.05, 0) is 23.6 Å². The van der Waals surface area contributed by atoms with E-state index in [1.807, 2.05) is 72.1 Å². The average molecular weight is 318 g/mol. The zero-order valence-electron chi connectivity index (χ0n) is 12.4. The van der Waals surface area contributed by atoms with Crippen LogP contribution in [0, 0.1) is 0 Å². The first kappa shape index (κ1) is 14.0. The van der Waals surface area contributed by atoms with Gasteiger partial charge in [0, 0.05) is 22.4 Å². The maximum atomic E-state index is 13.0. The summed E-state index contributed by atoms with van der Waals surface area (Å²) in [4.78, 5) is 14.2. The van der Waals surface area contributed by atoms with E-state index in [2.05, 4.69) is 0 Å². The fourth-order valence-corrected chi connectivity index (χ4v) is 3.47. The third-order valence-corrected chi connectivity index (χ3v) is 4.74. The van der Waals surface area contributed by atoms with Crippen molar-refractivity contribution in [3.8, 4) is 11.3 Å². The minimum atomic E-state index is 0.0547. The second-order valence-electron chi connectivity index (χ2n) is 5.36. The van der Waals surface area contributed by atoms with E-state index in [0.29, 0.717) is 23.2 Å². The first-order valence-corrected chi connectivity index (χ1v) is 8.33. The molecule has 0 amide bonds. The normalized spacial score (nSPS) is 11.0. The Morgan fingerprint density at radius 1 is 0.870 bits per heavy atom. The quantitative estimate of drug-likeness (QED) is 0.525. The van der Waals surface area contributed by atoms with Crippen molar-refractivity contribution >= 4 is 22.3 Å². The first-order valence-electron chi connectivity index (χ1n) is 7.45. The minimum absolute atomic E-state index is 0.0547. The summed E-state index contributed by atoms with van der Waals surface area (Å²) in [5.74, 6) is 0.669. The minimum Gasteiger partial charge on any atom is -0.456 e. The van der Waals surface area contributed by atoms with Gasteiger partial charge in [0.05, 0.1) is 5.39 Å². The van der Waals surface area contributed by atoms with Gasteiger partial charge in [0.25, 0.3) is 0 Å². The van der Waals surface area contributed by atoms with Crippen molar-refractivity contribution in [3.05, 3.63) is 92.8 Å². The van der Waals surface area contributed by atoms with Gasteiger partial charge in [0.1, 0.15) is 11.3 Å². The number of para-hydroxylation sites is 1. The van der Waals surface area contributed by atoms with Crippen molar-refractivity contribution in [2.75, 3.05) is 0 Å². The van der Waals surface area contributed by atoms with Gasteiger partial charge in [-0.1, -0.05) is 48.5 Å². The fourth-order valence-electron chi connectivity index (χ4n) is 2.75. The second-order valence-corrected chi connectivity index (χ2v) is 6.39. The van der Waals surface area contributed by atoms with Crippen molar-refractivity contribution in [3.63, 3.8) is 0 Å². The van der Waals surface area contributed by atoms with Gasteiger partial charge in [0.2, 0.25) is 0 Å². The molecule has 0 bridgehead atoms. The Kier molecular flexibility index (Phi) is 3.56. The largest absolute Gasteiger partial charge is 0.456 e. The van der Waals surface area contributed by atoms with Crippen LogP contribution < -0.4 is 5.43 Å². The highest BCUT2D eigenvalue weighted by Gasteiger charge is 2.16. The van der Waals surface area contributed by atoms with Gasteiger partial charge in [-0.25, -0.2) is 0 Å². The summed E-state index contributed by atoms with van der Waals surface area (Å²) in [7, 11) is 0. The molecule has 0 fully saturated rings. The maximum Gasteiger partial charge on any atom is 0.196 e. The Morgan fingerprint density at radius 2 is 1.65 bits per heavy atom. The summed E-state index contributed by atoms with van der Waals surface area (Å²) in [6, 6.07) is 21.3. The monoisotopic (exact) mass is 318 g/mol. The molecule has 3 heteroatoms. The van der Waals surface area contributed by atoms with Crippen molar-refractivity contribution in [2.45, 2.75) is 6.42 Å². The lowest BCUT2D eigenvalue weighted by Gasteiger charge is -2.09. The molecule has 0 aliphatic rings. The first-order chi connectivity index (χ1) is 11.3. The molecular formula is C20H14O2S. The Morgan fingerprint density at radius 3 is 2.43 bits per heavy atom. The fraction of sp³-hybridized carbons (Fsp3) is 0.0500. The molecule has 23 heavy (non-hydrogen) atoms. The van der Waals surface area contributed by atoms with E-state index in [1.54, 1.807) is 11.3 Å². The van der Waals surface area contributed by atoms with Crippen LogP contribution in [0.5, 0.6) is 0 Å². The molecule has 2 nitrogen and oxygen atoms in total. The van der Waals surface area contributed by atoms with Crippen molar-refractivity contribution in [1.82, 2.24) is 0 Å². The topological polar surface area (TPSA) is 30.2 Å². The van der Waals surface area contributed by atoms with E-state index >= 15 is 0 Å². The SMILES string of the molecule is O=c1c(Cc2cccs2)c(-c2ccccc2)oc2ccccc12. The predicted octanol–water partition coefficient (Wildman–Crippen LogP) is 5.11. The van der Waals surface area contributed by atoms with E-state index in [1.165, 1.54) is 0 Å². The second kappa shape index (κ2) is 5.86. The molecule has 4 rings (SSSR count). The molecule has 0 unspecified atom stereocenters. The highest BCUT2D eigenvalue weighted by Crippen LogP contribution is 2.28. The summed E-state index contributed by atoms with van der Waals surface area (Å²) in [5, 5.41) is 2.67. The van der Waals surface area contributed by atoms with Crippen molar-refractivity contribution < 1.29 is 4.42 Å². The summed E-state index contributed by atoms with van der Waals surface area (Å²) < 4.78 is 6.11. The van der Waals surface area contributed by atoms with Gasteiger partial charge >= 0.3 is 0 Å². The third-order valence-electron chi connectivity index (χ3n) is 3.86. The molecule has 112 valence electrons. The Balaban J connectivity index is 2.00. The maximum absolute atomic E-state index is 13.0. The van der Waals surface area contributed by atoms with Crippen LogP contribution >= 0.6 is 11.3 Å². The number of benzene rings is 2. The molecular weight excluding hydrogens is 304 g/mol. The van der Waals surface area contributed by atoms with Crippen LogP contribution in [0.15, 0.2) is 81.3 Å². The molecule has 0 aliphatic heterocycles. The van der Waals surface area contributed by atoms with Crippen molar-refractivity contribution in [1.29, 1.82) is 0 Å². The number of hydrogen-bond acceptors (Lipinski definition) is 3. The molecule has 2 aromatic heterocycles.